The van der Waals surface area contributed by atoms with Crippen molar-refractivity contribution in [3.05, 3.63) is 9.47 Å². The second-order valence-electron chi connectivity index (χ2n) is 5.97. The first kappa shape index (κ1) is 17.0. The standard InChI is InChI=1S/C13H19ClN4O3S/c1-13(2,3)21-12(20)18-6-4-5-17(7-8-18)10(19)9-15-16-11(14)22-9/h4-8H2,1-3H3. The van der Waals surface area contributed by atoms with Crippen molar-refractivity contribution in [1.29, 1.82) is 0 Å². The smallest absolute Gasteiger partial charge is 0.410 e. The van der Waals surface area contributed by atoms with Gasteiger partial charge >= 0.3 is 6.09 Å². The number of amides is 2. The molecular weight excluding hydrogens is 328 g/mol. The molecule has 0 aliphatic carbocycles. The van der Waals surface area contributed by atoms with Crippen LogP contribution >= 0.6 is 22.9 Å². The zero-order chi connectivity index (χ0) is 16.3. The highest BCUT2D eigenvalue weighted by Gasteiger charge is 2.27. The number of carbonyl (C=O) groups is 2. The van der Waals surface area contributed by atoms with Gasteiger partial charge in [0.1, 0.15) is 5.60 Å². The van der Waals surface area contributed by atoms with Crippen LogP contribution in [0.4, 0.5) is 4.79 Å². The predicted octanol–water partition coefficient (Wildman–Crippen LogP) is 2.27. The third-order valence-electron chi connectivity index (χ3n) is 3.02. The van der Waals surface area contributed by atoms with Crippen LogP contribution in [0.3, 0.4) is 0 Å². The van der Waals surface area contributed by atoms with Gasteiger partial charge in [-0.3, -0.25) is 4.79 Å². The van der Waals surface area contributed by atoms with Gasteiger partial charge in [-0.2, -0.15) is 0 Å². The molecule has 1 fully saturated rings. The van der Waals surface area contributed by atoms with Crippen LogP contribution in [-0.4, -0.2) is 63.8 Å². The summed E-state index contributed by atoms with van der Waals surface area (Å²) in [7, 11) is 0. The lowest BCUT2D eigenvalue weighted by Gasteiger charge is -2.26. The summed E-state index contributed by atoms with van der Waals surface area (Å²) in [6, 6.07) is 0. The molecule has 1 aliphatic heterocycles. The van der Waals surface area contributed by atoms with Crippen LogP contribution in [0.25, 0.3) is 0 Å². The number of aromatic nitrogens is 2. The third kappa shape index (κ3) is 4.54. The van der Waals surface area contributed by atoms with Gasteiger partial charge in [-0.1, -0.05) is 11.3 Å². The number of rotatable bonds is 1. The van der Waals surface area contributed by atoms with Gasteiger partial charge in [0.2, 0.25) is 9.47 Å². The second-order valence-corrected chi connectivity index (χ2v) is 7.53. The van der Waals surface area contributed by atoms with Gasteiger partial charge in [0.05, 0.1) is 0 Å². The molecule has 1 aromatic heterocycles. The molecule has 0 spiro atoms. The van der Waals surface area contributed by atoms with E-state index in [0.717, 1.165) is 11.3 Å². The number of hydrogen-bond donors (Lipinski definition) is 0. The molecule has 22 heavy (non-hydrogen) atoms. The highest BCUT2D eigenvalue weighted by atomic mass is 35.5. The summed E-state index contributed by atoms with van der Waals surface area (Å²) in [5.74, 6) is -0.199. The van der Waals surface area contributed by atoms with E-state index in [-0.39, 0.29) is 21.5 Å². The SMILES string of the molecule is CC(C)(C)OC(=O)N1CCCN(C(=O)c2nnc(Cl)s2)CC1. The van der Waals surface area contributed by atoms with Crippen LogP contribution in [0.1, 0.15) is 37.0 Å². The molecule has 9 heteroatoms. The normalized spacial score (nSPS) is 16.4. The molecule has 0 bridgehead atoms. The summed E-state index contributed by atoms with van der Waals surface area (Å²) < 4.78 is 5.61. The van der Waals surface area contributed by atoms with Gasteiger partial charge in [-0.15, -0.1) is 10.2 Å². The Morgan fingerprint density at radius 1 is 1.14 bits per heavy atom. The van der Waals surface area contributed by atoms with Gasteiger partial charge in [-0.05, 0) is 38.8 Å². The first-order chi connectivity index (χ1) is 10.3. The largest absolute Gasteiger partial charge is 0.444 e. The Kier molecular flexibility index (Phi) is 5.23. The minimum absolute atomic E-state index is 0.199. The molecule has 0 atom stereocenters. The van der Waals surface area contributed by atoms with Crippen molar-refractivity contribution < 1.29 is 14.3 Å². The third-order valence-corrected chi connectivity index (χ3v) is 4.02. The van der Waals surface area contributed by atoms with Gasteiger partial charge in [-0.25, -0.2) is 4.79 Å². The lowest BCUT2D eigenvalue weighted by molar-refractivity contribution is 0.0255. The van der Waals surface area contributed by atoms with Crippen molar-refractivity contribution in [3.8, 4) is 0 Å². The van der Waals surface area contributed by atoms with Crippen LogP contribution in [0, 0.1) is 0 Å². The Labute approximate surface area is 138 Å². The van der Waals surface area contributed by atoms with E-state index in [2.05, 4.69) is 10.2 Å². The summed E-state index contributed by atoms with van der Waals surface area (Å²) in [5.41, 5.74) is -0.526. The van der Waals surface area contributed by atoms with E-state index in [1.165, 1.54) is 0 Å². The van der Waals surface area contributed by atoms with Gasteiger partial charge in [0.15, 0.2) is 0 Å². The number of halogens is 1. The maximum absolute atomic E-state index is 12.3. The Balaban J connectivity index is 1.95. The fourth-order valence-electron chi connectivity index (χ4n) is 2.06. The average Bonchev–Trinajstić information content (AvgIpc) is 2.70. The van der Waals surface area contributed by atoms with Crippen LogP contribution in [0.5, 0.6) is 0 Å². The molecular formula is C13H19ClN4O3S. The van der Waals surface area contributed by atoms with Gasteiger partial charge in [0, 0.05) is 26.2 Å². The van der Waals surface area contributed by atoms with E-state index in [1.54, 1.807) is 9.80 Å². The van der Waals surface area contributed by atoms with E-state index in [4.69, 9.17) is 16.3 Å². The van der Waals surface area contributed by atoms with Crippen molar-refractivity contribution in [2.75, 3.05) is 26.2 Å². The lowest BCUT2D eigenvalue weighted by Crippen LogP contribution is -2.40. The summed E-state index contributed by atoms with van der Waals surface area (Å²) in [6.45, 7) is 7.50. The second kappa shape index (κ2) is 6.78. The topological polar surface area (TPSA) is 75.6 Å². The van der Waals surface area contributed by atoms with E-state index < -0.39 is 5.60 Å². The highest BCUT2D eigenvalue weighted by Crippen LogP contribution is 2.18. The van der Waals surface area contributed by atoms with Gasteiger partial charge < -0.3 is 14.5 Å². The Hall–Kier alpha value is -1.41. The fraction of sp³-hybridized carbons (Fsp3) is 0.692. The van der Waals surface area contributed by atoms with Crippen LogP contribution in [-0.2, 0) is 4.74 Å². The average molecular weight is 347 g/mol. The summed E-state index contributed by atoms with van der Waals surface area (Å²) >= 11 is 6.76. The molecule has 122 valence electrons. The lowest BCUT2D eigenvalue weighted by atomic mass is 10.2. The summed E-state index contributed by atoms with van der Waals surface area (Å²) in [5, 5.41) is 7.68. The maximum Gasteiger partial charge on any atom is 0.410 e. The molecule has 1 saturated heterocycles. The molecule has 2 heterocycles. The highest BCUT2D eigenvalue weighted by molar-refractivity contribution is 7.17. The fourth-order valence-corrected chi connectivity index (χ4v) is 2.85. The van der Waals surface area contributed by atoms with E-state index in [9.17, 15) is 9.59 Å². The zero-order valence-electron chi connectivity index (χ0n) is 12.8. The minimum Gasteiger partial charge on any atom is -0.444 e. The Morgan fingerprint density at radius 2 is 1.77 bits per heavy atom. The molecule has 0 radical (unpaired) electrons. The maximum atomic E-state index is 12.3. The van der Waals surface area contributed by atoms with Crippen molar-refractivity contribution in [1.82, 2.24) is 20.0 Å². The number of carbonyl (C=O) groups excluding carboxylic acids is 2. The summed E-state index contributed by atoms with van der Waals surface area (Å²) in [6.07, 6.45) is 0.345. The molecule has 2 amide bonds. The van der Waals surface area contributed by atoms with Crippen molar-refractivity contribution >= 4 is 34.9 Å². The summed E-state index contributed by atoms with van der Waals surface area (Å²) in [4.78, 5) is 27.7. The van der Waals surface area contributed by atoms with E-state index >= 15 is 0 Å². The van der Waals surface area contributed by atoms with Crippen molar-refractivity contribution in [2.24, 2.45) is 0 Å². The predicted molar refractivity (Wildman–Crippen MR) is 83.2 cm³/mol. The van der Waals surface area contributed by atoms with E-state index in [1.807, 2.05) is 20.8 Å². The molecule has 0 saturated carbocycles. The first-order valence-corrected chi connectivity index (χ1v) is 8.22. The number of hydrogen-bond acceptors (Lipinski definition) is 6. The van der Waals surface area contributed by atoms with Crippen LogP contribution < -0.4 is 0 Å². The minimum atomic E-state index is -0.526. The first-order valence-electron chi connectivity index (χ1n) is 7.02. The van der Waals surface area contributed by atoms with Crippen molar-refractivity contribution in [3.63, 3.8) is 0 Å². The quantitative estimate of drug-likeness (QED) is 0.779. The molecule has 2 rings (SSSR count). The number of nitrogens with zero attached hydrogens (tertiary/aromatic N) is 4. The zero-order valence-corrected chi connectivity index (χ0v) is 14.4. The van der Waals surface area contributed by atoms with Crippen LogP contribution in [0.15, 0.2) is 0 Å². The van der Waals surface area contributed by atoms with Crippen LogP contribution in [0.2, 0.25) is 4.47 Å². The van der Waals surface area contributed by atoms with Crippen molar-refractivity contribution in [2.45, 2.75) is 32.8 Å². The molecule has 0 unspecified atom stereocenters. The molecule has 1 aliphatic rings. The molecule has 0 N–H and O–H groups in total. The monoisotopic (exact) mass is 346 g/mol. The molecule has 7 nitrogen and oxygen atoms in total. The van der Waals surface area contributed by atoms with Gasteiger partial charge in [0.25, 0.3) is 5.91 Å². The Morgan fingerprint density at radius 3 is 2.36 bits per heavy atom. The number of ether oxygens (including phenoxy) is 1. The molecule has 1 aromatic rings. The Bertz CT molecular complexity index is 558. The molecule has 0 aromatic carbocycles. The van der Waals surface area contributed by atoms with E-state index in [0.29, 0.717) is 32.6 Å².